The summed E-state index contributed by atoms with van der Waals surface area (Å²) in [7, 11) is 0. The molecule has 0 aromatic carbocycles. The molecule has 2 N–H and O–H groups in total. The summed E-state index contributed by atoms with van der Waals surface area (Å²) in [6.45, 7) is 0. The number of hydrogen-bond donors (Lipinski definition) is 2. The van der Waals surface area contributed by atoms with Crippen LogP contribution < -0.4 is 10.6 Å². The number of rotatable bonds is 0. The molecule has 1 aliphatic carbocycles. The summed E-state index contributed by atoms with van der Waals surface area (Å²) >= 11 is 4.87. The lowest BCUT2D eigenvalue weighted by Crippen LogP contribution is -2.51. The van der Waals surface area contributed by atoms with E-state index in [1.54, 1.807) is 0 Å². The molecule has 0 spiro atoms. The first kappa shape index (κ1) is 7.73. The van der Waals surface area contributed by atoms with Gasteiger partial charge in [0, 0.05) is 5.70 Å². The third-order valence-electron chi connectivity index (χ3n) is 2.25. The second-order valence-corrected chi connectivity index (χ2v) is 3.49. The molecule has 0 bridgehead atoms. The molecule has 1 amide bonds. The van der Waals surface area contributed by atoms with Crippen LogP contribution >= 0.6 is 12.2 Å². The Balaban J connectivity index is 2.25. The average molecular weight is 182 g/mol. The quantitative estimate of drug-likeness (QED) is 0.541. The first-order chi connectivity index (χ1) is 5.77. The SMILES string of the molecule is O=C1NC(=S)NC2=CCCCC12. The summed E-state index contributed by atoms with van der Waals surface area (Å²) < 4.78 is 0. The first-order valence-corrected chi connectivity index (χ1v) is 4.50. The highest BCUT2D eigenvalue weighted by molar-refractivity contribution is 7.80. The fourth-order valence-corrected chi connectivity index (χ4v) is 1.87. The summed E-state index contributed by atoms with van der Waals surface area (Å²) in [4.78, 5) is 11.4. The number of amides is 1. The molecule has 2 rings (SSSR count). The summed E-state index contributed by atoms with van der Waals surface area (Å²) in [5, 5.41) is 6.06. The highest BCUT2D eigenvalue weighted by atomic mass is 32.1. The minimum atomic E-state index is 0.0189. The number of carbonyl (C=O) groups excluding carboxylic acids is 1. The molecule has 0 aromatic rings. The molecule has 2 aliphatic rings. The number of allylic oxidation sites excluding steroid dienone is 1. The largest absolute Gasteiger partial charge is 0.336 e. The van der Waals surface area contributed by atoms with Crippen LogP contribution in [-0.2, 0) is 4.79 Å². The van der Waals surface area contributed by atoms with Crippen molar-refractivity contribution in [1.82, 2.24) is 10.6 Å². The number of hydrogen-bond acceptors (Lipinski definition) is 2. The zero-order chi connectivity index (χ0) is 8.55. The van der Waals surface area contributed by atoms with Gasteiger partial charge in [-0.2, -0.15) is 0 Å². The molecular weight excluding hydrogens is 172 g/mol. The third kappa shape index (κ3) is 1.22. The van der Waals surface area contributed by atoms with Crippen molar-refractivity contribution in [2.24, 2.45) is 5.92 Å². The predicted molar refractivity (Wildman–Crippen MR) is 49.3 cm³/mol. The molecule has 4 heteroatoms. The molecule has 0 saturated carbocycles. The van der Waals surface area contributed by atoms with E-state index in [0.29, 0.717) is 5.11 Å². The molecule has 0 aromatic heterocycles. The third-order valence-corrected chi connectivity index (χ3v) is 2.45. The average Bonchev–Trinajstić information content (AvgIpc) is 2.04. The number of nitrogens with one attached hydrogen (secondary N) is 2. The van der Waals surface area contributed by atoms with Gasteiger partial charge in [-0.05, 0) is 31.5 Å². The Hall–Kier alpha value is -0.900. The monoisotopic (exact) mass is 182 g/mol. The van der Waals surface area contributed by atoms with Crippen LogP contribution in [0.5, 0.6) is 0 Å². The van der Waals surface area contributed by atoms with Gasteiger partial charge >= 0.3 is 0 Å². The van der Waals surface area contributed by atoms with Crippen LogP contribution in [0.25, 0.3) is 0 Å². The van der Waals surface area contributed by atoms with E-state index >= 15 is 0 Å². The van der Waals surface area contributed by atoms with Crippen molar-refractivity contribution in [3.05, 3.63) is 11.8 Å². The summed E-state index contributed by atoms with van der Waals surface area (Å²) in [6, 6.07) is 0. The van der Waals surface area contributed by atoms with Gasteiger partial charge in [0.15, 0.2) is 5.11 Å². The van der Waals surface area contributed by atoms with Crippen LogP contribution in [0.4, 0.5) is 0 Å². The maximum Gasteiger partial charge on any atom is 0.235 e. The van der Waals surface area contributed by atoms with Gasteiger partial charge in [0.1, 0.15) is 0 Å². The van der Waals surface area contributed by atoms with Crippen molar-refractivity contribution >= 4 is 23.2 Å². The van der Waals surface area contributed by atoms with Gasteiger partial charge in [-0.3, -0.25) is 4.79 Å². The van der Waals surface area contributed by atoms with E-state index in [1.165, 1.54) is 0 Å². The highest BCUT2D eigenvalue weighted by Crippen LogP contribution is 2.24. The molecular formula is C8H10N2OS. The van der Waals surface area contributed by atoms with E-state index in [9.17, 15) is 4.79 Å². The second kappa shape index (κ2) is 2.86. The van der Waals surface area contributed by atoms with E-state index in [0.717, 1.165) is 25.0 Å². The molecule has 1 fully saturated rings. The molecule has 1 aliphatic heterocycles. The van der Waals surface area contributed by atoms with Gasteiger partial charge in [-0.25, -0.2) is 0 Å². The van der Waals surface area contributed by atoms with E-state index in [4.69, 9.17) is 12.2 Å². The smallest absolute Gasteiger partial charge is 0.235 e. The van der Waals surface area contributed by atoms with E-state index in [-0.39, 0.29) is 11.8 Å². The molecule has 1 saturated heterocycles. The van der Waals surface area contributed by atoms with Gasteiger partial charge in [0.2, 0.25) is 5.91 Å². The van der Waals surface area contributed by atoms with Crippen molar-refractivity contribution in [2.75, 3.05) is 0 Å². The highest BCUT2D eigenvalue weighted by Gasteiger charge is 2.29. The Kier molecular flexibility index (Phi) is 1.84. The number of thiocarbonyl (C=S) groups is 1. The van der Waals surface area contributed by atoms with Crippen LogP contribution in [0.15, 0.2) is 11.8 Å². The van der Waals surface area contributed by atoms with Gasteiger partial charge in [-0.1, -0.05) is 6.08 Å². The molecule has 64 valence electrons. The minimum Gasteiger partial charge on any atom is -0.336 e. The second-order valence-electron chi connectivity index (χ2n) is 3.09. The standard InChI is InChI=1S/C8H10N2OS/c11-7-5-3-1-2-4-6(5)9-8(12)10-7/h4-5H,1-3H2,(H2,9,10,11,12). The topological polar surface area (TPSA) is 41.1 Å². The van der Waals surface area contributed by atoms with Crippen molar-refractivity contribution in [2.45, 2.75) is 19.3 Å². The van der Waals surface area contributed by atoms with Crippen LogP contribution in [0.2, 0.25) is 0 Å². The Labute approximate surface area is 76.2 Å². The Bertz CT molecular complexity index is 272. The van der Waals surface area contributed by atoms with Crippen molar-refractivity contribution in [1.29, 1.82) is 0 Å². The Morgan fingerprint density at radius 1 is 1.50 bits per heavy atom. The predicted octanol–water partition coefficient (Wildman–Crippen LogP) is 0.675. The number of fused-ring (bicyclic) bond motifs is 1. The Morgan fingerprint density at radius 2 is 2.33 bits per heavy atom. The van der Waals surface area contributed by atoms with Crippen molar-refractivity contribution in [3.8, 4) is 0 Å². The van der Waals surface area contributed by atoms with Crippen LogP contribution in [-0.4, -0.2) is 11.0 Å². The van der Waals surface area contributed by atoms with Crippen molar-refractivity contribution < 1.29 is 4.79 Å². The fourth-order valence-electron chi connectivity index (χ4n) is 1.65. The zero-order valence-corrected chi connectivity index (χ0v) is 7.41. The normalized spacial score (nSPS) is 28.3. The summed E-state index contributed by atoms with van der Waals surface area (Å²) in [5.41, 5.74) is 0.995. The molecule has 12 heavy (non-hydrogen) atoms. The first-order valence-electron chi connectivity index (χ1n) is 4.09. The fraction of sp³-hybridized carbons (Fsp3) is 0.500. The van der Waals surface area contributed by atoms with Crippen LogP contribution in [0.1, 0.15) is 19.3 Å². The molecule has 1 heterocycles. The minimum absolute atomic E-state index is 0.0189. The molecule has 0 radical (unpaired) electrons. The molecule has 1 atom stereocenters. The molecule has 3 nitrogen and oxygen atoms in total. The summed E-state index contributed by atoms with van der Waals surface area (Å²) in [6.07, 6.45) is 5.15. The van der Waals surface area contributed by atoms with Crippen LogP contribution in [0.3, 0.4) is 0 Å². The lowest BCUT2D eigenvalue weighted by atomic mass is 9.90. The lowest BCUT2D eigenvalue weighted by Gasteiger charge is -2.29. The maximum atomic E-state index is 11.4. The van der Waals surface area contributed by atoms with E-state index in [1.807, 2.05) is 0 Å². The van der Waals surface area contributed by atoms with Crippen LogP contribution in [0, 0.1) is 5.92 Å². The molecule has 1 unspecified atom stereocenters. The maximum absolute atomic E-state index is 11.4. The Morgan fingerprint density at radius 3 is 3.17 bits per heavy atom. The lowest BCUT2D eigenvalue weighted by molar-refractivity contribution is -0.123. The van der Waals surface area contributed by atoms with Gasteiger partial charge in [0.05, 0.1) is 5.92 Å². The van der Waals surface area contributed by atoms with Gasteiger partial charge in [-0.15, -0.1) is 0 Å². The van der Waals surface area contributed by atoms with Crippen molar-refractivity contribution in [3.63, 3.8) is 0 Å². The van der Waals surface area contributed by atoms with E-state index in [2.05, 4.69) is 16.7 Å². The number of carbonyl (C=O) groups is 1. The summed E-state index contributed by atoms with van der Waals surface area (Å²) in [5.74, 6) is 0.0650. The van der Waals surface area contributed by atoms with Gasteiger partial charge in [0.25, 0.3) is 0 Å². The van der Waals surface area contributed by atoms with E-state index < -0.39 is 0 Å². The van der Waals surface area contributed by atoms with Gasteiger partial charge < -0.3 is 10.6 Å². The zero-order valence-electron chi connectivity index (χ0n) is 6.59.